The number of carbonyl (C=O) groups excluding carboxylic acids is 1. The summed E-state index contributed by atoms with van der Waals surface area (Å²) in [5.74, 6) is 0.169. The zero-order chi connectivity index (χ0) is 18.5. The zero-order valence-electron chi connectivity index (χ0n) is 13.8. The maximum absolute atomic E-state index is 12.4. The molecule has 0 aliphatic heterocycles. The van der Waals surface area contributed by atoms with Crippen LogP contribution in [-0.4, -0.2) is 15.8 Å². The van der Waals surface area contributed by atoms with Gasteiger partial charge in [-0.3, -0.25) is 14.9 Å². The van der Waals surface area contributed by atoms with Gasteiger partial charge in [-0.1, -0.05) is 12.1 Å². The van der Waals surface area contributed by atoms with Crippen LogP contribution in [-0.2, 0) is 6.61 Å². The number of thiazole rings is 1. The van der Waals surface area contributed by atoms with Crippen LogP contribution in [0.3, 0.4) is 0 Å². The number of nitrogens with one attached hydrogen (secondary N) is 1. The van der Waals surface area contributed by atoms with Crippen molar-refractivity contribution in [3.63, 3.8) is 0 Å². The molecule has 26 heavy (non-hydrogen) atoms. The zero-order valence-corrected chi connectivity index (χ0v) is 14.7. The number of anilines is 1. The van der Waals surface area contributed by atoms with Crippen LogP contribution < -0.4 is 10.1 Å². The Hall–Kier alpha value is -3.26. The van der Waals surface area contributed by atoms with Gasteiger partial charge in [0, 0.05) is 28.3 Å². The average molecular weight is 369 g/mol. The van der Waals surface area contributed by atoms with Crippen molar-refractivity contribution in [2.45, 2.75) is 13.5 Å². The molecule has 1 amide bonds. The van der Waals surface area contributed by atoms with Crippen molar-refractivity contribution in [3.8, 4) is 5.75 Å². The fourth-order valence-corrected chi connectivity index (χ4v) is 2.82. The second kappa shape index (κ2) is 7.75. The summed E-state index contributed by atoms with van der Waals surface area (Å²) in [5, 5.41) is 15.6. The number of benzene rings is 2. The third-order valence-electron chi connectivity index (χ3n) is 3.63. The van der Waals surface area contributed by atoms with E-state index in [0.29, 0.717) is 29.2 Å². The molecule has 1 heterocycles. The predicted octanol–water partition coefficient (Wildman–Crippen LogP) is 4.19. The van der Waals surface area contributed by atoms with Gasteiger partial charge in [-0.15, -0.1) is 11.3 Å². The molecule has 132 valence electrons. The summed E-state index contributed by atoms with van der Waals surface area (Å²) < 4.78 is 5.63. The van der Waals surface area contributed by atoms with E-state index in [1.807, 2.05) is 5.38 Å². The lowest BCUT2D eigenvalue weighted by Crippen LogP contribution is -2.12. The van der Waals surface area contributed by atoms with E-state index >= 15 is 0 Å². The number of carbonyl (C=O) groups is 1. The molecule has 0 radical (unpaired) electrons. The number of amides is 1. The van der Waals surface area contributed by atoms with Crippen LogP contribution in [0, 0.1) is 17.0 Å². The highest BCUT2D eigenvalue weighted by molar-refractivity contribution is 7.07. The van der Waals surface area contributed by atoms with E-state index in [1.54, 1.807) is 48.8 Å². The molecule has 1 aromatic heterocycles. The van der Waals surface area contributed by atoms with E-state index in [9.17, 15) is 14.9 Å². The first-order valence-corrected chi connectivity index (χ1v) is 8.63. The Morgan fingerprint density at radius 1 is 1.31 bits per heavy atom. The number of nitro benzene ring substituents is 1. The molecular weight excluding hydrogens is 354 g/mol. The molecule has 0 atom stereocenters. The summed E-state index contributed by atoms with van der Waals surface area (Å²) in [5.41, 5.74) is 3.79. The molecular formula is C18H15N3O4S. The fraction of sp³-hybridized carbons (Fsp3) is 0.111. The summed E-state index contributed by atoms with van der Waals surface area (Å²) in [7, 11) is 0. The number of hydrogen-bond donors (Lipinski definition) is 1. The summed E-state index contributed by atoms with van der Waals surface area (Å²) in [6.07, 6.45) is 0. The van der Waals surface area contributed by atoms with E-state index < -0.39 is 4.92 Å². The first-order chi connectivity index (χ1) is 12.5. The minimum atomic E-state index is -0.474. The highest BCUT2D eigenvalue weighted by Crippen LogP contribution is 2.23. The number of rotatable bonds is 6. The number of aryl methyl sites for hydroxylation is 1. The minimum absolute atomic E-state index is 0.0388. The SMILES string of the molecule is Cc1ccc(NC(=O)c2cccc(OCc3cscn3)c2)cc1[N+](=O)[O-]. The molecule has 0 saturated heterocycles. The Bertz CT molecular complexity index is 941. The molecule has 0 aliphatic rings. The lowest BCUT2D eigenvalue weighted by Gasteiger charge is -2.08. The van der Waals surface area contributed by atoms with Gasteiger partial charge in [0.1, 0.15) is 12.4 Å². The normalized spacial score (nSPS) is 10.3. The standard InChI is InChI=1S/C18H15N3O4S/c1-12-5-6-14(8-17(12)21(23)24)20-18(22)13-3-2-4-16(7-13)25-9-15-10-26-11-19-15/h2-8,10-11H,9H2,1H3,(H,20,22). The van der Waals surface area contributed by atoms with Crippen LogP contribution in [0.1, 0.15) is 21.6 Å². The highest BCUT2D eigenvalue weighted by Gasteiger charge is 2.13. The van der Waals surface area contributed by atoms with Gasteiger partial charge in [-0.2, -0.15) is 0 Å². The van der Waals surface area contributed by atoms with Gasteiger partial charge in [0.15, 0.2) is 0 Å². The second-order valence-corrected chi connectivity index (χ2v) is 6.23. The maximum Gasteiger partial charge on any atom is 0.274 e. The van der Waals surface area contributed by atoms with E-state index in [2.05, 4.69) is 10.3 Å². The second-order valence-electron chi connectivity index (χ2n) is 5.51. The Labute approximate surface area is 153 Å². The summed E-state index contributed by atoms with van der Waals surface area (Å²) in [6.45, 7) is 1.96. The Kier molecular flexibility index (Phi) is 5.23. The first-order valence-electron chi connectivity index (χ1n) is 7.69. The van der Waals surface area contributed by atoms with Crippen molar-refractivity contribution in [3.05, 3.63) is 80.3 Å². The topological polar surface area (TPSA) is 94.4 Å². The molecule has 3 aromatic rings. The van der Waals surface area contributed by atoms with Crippen LogP contribution in [0.5, 0.6) is 5.75 Å². The molecule has 8 heteroatoms. The van der Waals surface area contributed by atoms with Crippen LogP contribution in [0.4, 0.5) is 11.4 Å². The van der Waals surface area contributed by atoms with Crippen molar-refractivity contribution in [1.82, 2.24) is 4.98 Å². The Balaban J connectivity index is 1.71. The molecule has 0 aliphatic carbocycles. The Morgan fingerprint density at radius 2 is 2.15 bits per heavy atom. The van der Waals surface area contributed by atoms with Gasteiger partial charge in [-0.05, 0) is 31.2 Å². The molecule has 0 fully saturated rings. The number of nitro groups is 1. The van der Waals surface area contributed by atoms with Gasteiger partial charge in [0.05, 0.1) is 16.1 Å². The van der Waals surface area contributed by atoms with Crippen molar-refractivity contribution in [1.29, 1.82) is 0 Å². The van der Waals surface area contributed by atoms with Gasteiger partial charge in [-0.25, -0.2) is 4.98 Å². The third kappa shape index (κ3) is 4.22. The molecule has 0 spiro atoms. The summed E-state index contributed by atoms with van der Waals surface area (Å²) in [4.78, 5) is 27.1. The average Bonchev–Trinajstić information content (AvgIpc) is 3.15. The summed E-state index contributed by atoms with van der Waals surface area (Å²) >= 11 is 1.48. The van der Waals surface area contributed by atoms with Gasteiger partial charge in [0.25, 0.3) is 11.6 Å². The molecule has 2 aromatic carbocycles. The molecule has 3 rings (SSSR count). The van der Waals surface area contributed by atoms with E-state index in [4.69, 9.17) is 4.74 Å². The number of nitrogens with zero attached hydrogens (tertiary/aromatic N) is 2. The lowest BCUT2D eigenvalue weighted by atomic mass is 10.1. The third-order valence-corrected chi connectivity index (χ3v) is 4.27. The van der Waals surface area contributed by atoms with Gasteiger partial charge in [0.2, 0.25) is 0 Å². The Morgan fingerprint density at radius 3 is 2.88 bits per heavy atom. The van der Waals surface area contributed by atoms with Crippen molar-refractivity contribution in [2.24, 2.45) is 0 Å². The van der Waals surface area contributed by atoms with Gasteiger partial charge < -0.3 is 10.1 Å². The van der Waals surface area contributed by atoms with Crippen LogP contribution >= 0.6 is 11.3 Å². The van der Waals surface area contributed by atoms with Crippen LogP contribution in [0.2, 0.25) is 0 Å². The molecule has 7 nitrogen and oxygen atoms in total. The lowest BCUT2D eigenvalue weighted by molar-refractivity contribution is -0.385. The van der Waals surface area contributed by atoms with E-state index in [-0.39, 0.29) is 11.6 Å². The van der Waals surface area contributed by atoms with Crippen LogP contribution in [0.25, 0.3) is 0 Å². The van der Waals surface area contributed by atoms with Gasteiger partial charge >= 0.3 is 0 Å². The van der Waals surface area contributed by atoms with Crippen molar-refractivity contribution >= 4 is 28.6 Å². The maximum atomic E-state index is 12.4. The van der Waals surface area contributed by atoms with Crippen molar-refractivity contribution < 1.29 is 14.5 Å². The minimum Gasteiger partial charge on any atom is -0.487 e. The number of hydrogen-bond acceptors (Lipinski definition) is 6. The molecule has 0 bridgehead atoms. The smallest absolute Gasteiger partial charge is 0.274 e. The largest absolute Gasteiger partial charge is 0.487 e. The van der Waals surface area contributed by atoms with Crippen molar-refractivity contribution in [2.75, 3.05) is 5.32 Å². The monoisotopic (exact) mass is 369 g/mol. The quantitative estimate of drug-likeness (QED) is 0.519. The first kappa shape index (κ1) is 17.6. The molecule has 1 N–H and O–H groups in total. The van der Waals surface area contributed by atoms with Crippen LogP contribution in [0.15, 0.2) is 53.4 Å². The predicted molar refractivity (Wildman–Crippen MR) is 98.7 cm³/mol. The van der Waals surface area contributed by atoms with E-state index in [1.165, 1.54) is 17.4 Å². The number of aromatic nitrogens is 1. The number of ether oxygens (including phenoxy) is 1. The highest BCUT2D eigenvalue weighted by atomic mass is 32.1. The molecule has 0 saturated carbocycles. The summed E-state index contributed by atoms with van der Waals surface area (Å²) in [6, 6.07) is 11.3. The molecule has 0 unspecified atom stereocenters. The van der Waals surface area contributed by atoms with E-state index in [0.717, 1.165) is 5.69 Å². The fourth-order valence-electron chi connectivity index (χ4n) is 2.28.